The van der Waals surface area contributed by atoms with E-state index in [2.05, 4.69) is 15.4 Å². The minimum Gasteiger partial charge on any atom is -0.322 e. The number of nitrogens with one attached hydrogen (secondary N) is 1. The van der Waals surface area contributed by atoms with Crippen LogP contribution in [0.3, 0.4) is 0 Å². The molecule has 0 fully saturated rings. The molecule has 2 heterocycles. The fraction of sp³-hybridized carbons (Fsp3) is 0.312. The Morgan fingerprint density at radius 1 is 1.42 bits per heavy atom. The number of nitro benzene ring substituents is 1. The van der Waals surface area contributed by atoms with Gasteiger partial charge in [0.05, 0.1) is 37.5 Å². The molecule has 3 rings (SSSR count). The highest BCUT2D eigenvalue weighted by molar-refractivity contribution is 8.02. The normalized spacial score (nSPS) is 12.3. The minimum absolute atomic E-state index is 0.0334. The summed E-state index contributed by atoms with van der Waals surface area (Å²) in [5, 5.41) is 17.7. The number of carbonyl (C=O) groups is 1. The first kappa shape index (κ1) is 18.3. The van der Waals surface area contributed by atoms with E-state index in [0.717, 1.165) is 21.8 Å². The predicted molar refractivity (Wildman–Crippen MR) is 103 cm³/mol. The van der Waals surface area contributed by atoms with Crippen LogP contribution in [0.4, 0.5) is 11.4 Å². The van der Waals surface area contributed by atoms with Crippen LogP contribution in [-0.2, 0) is 11.8 Å². The first-order valence-corrected chi connectivity index (χ1v) is 9.48. The lowest BCUT2D eigenvalue weighted by Gasteiger charge is -2.10. The van der Waals surface area contributed by atoms with Crippen molar-refractivity contribution in [2.45, 2.75) is 30.4 Å². The van der Waals surface area contributed by atoms with Crippen molar-refractivity contribution in [1.82, 2.24) is 14.8 Å². The van der Waals surface area contributed by atoms with Crippen molar-refractivity contribution in [3.05, 3.63) is 39.7 Å². The van der Waals surface area contributed by atoms with Crippen molar-refractivity contribution in [2.75, 3.05) is 5.32 Å². The molecule has 0 aliphatic rings. The van der Waals surface area contributed by atoms with Gasteiger partial charge in [0, 0.05) is 19.2 Å². The average Bonchev–Trinajstić information content (AvgIpc) is 3.09. The summed E-state index contributed by atoms with van der Waals surface area (Å²) in [5.74, 6) is -0.139. The summed E-state index contributed by atoms with van der Waals surface area (Å²) in [6, 6.07) is 4.56. The predicted octanol–water partition coefficient (Wildman–Crippen LogP) is 3.67. The van der Waals surface area contributed by atoms with Gasteiger partial charge in [-0.25, -0.2) is 4.98 Å². The highest BCUT2D eigenvalue weighted by atomic mass is 32.2. The maximum atomic E-state index is 12.5. The number of hydrogen-bond acceptors (Lipinski definition) is 7. The number of rotatable bonds is 5. The second kappa shape index (κ2) is 7.04. The molecular formula is C16H17N5O3S2. The lowest BCUT2D eigenvalue weighted by atomic mass is 10.3. The first-order chi connectivity index (χ1) is 12.3. The highest BCUT2D eigenvalue weighted by Gasteiger charge is 2.20. The van der Waals surface area contributed by atoms with Crippen LogP contribution < -0.4 is 5.32 Å². The number of aryl methyl sites for hydroxylation is 2. The molecule has 1 atom stereocenters. The third-order valence-corrected chi connectivity index (χ3v) is 6.18. The molecule has 0 unspecified atom stereocenters. The molecule has 8 nitrogen and oxygen atoms in total. The van der Waals surface area contributed by atoms with Gasteiger partial charge in [0.2, 0.25) is 5.91 Å². The molecule has 0 radical (unpaired) electrons. The van der Waals surface area contributed by atoms with E-state index in [1.165, 1.54) is 35.2 Å². The number of thioether (sulfide) groups is 1. The van der Waals surface area contributed by atoms with Gasteiger partial charge in [-0.05, 0) is 26.8 Å². The summed E-state index contributed by atoms with van der Waals surface area (Å²) in [4.78, 5) is 27.4. The minimum atomic E-state index is -0.430. The highest BCUT2D eigenvalue weighted by Crippen LogP contribution is 2.34. The van der Waals surface area contributed by atoms with Gasteiger partial charge in [0.25, 0.3) is 5.69 Å². The van der Waals surface area contributed by atoms with Crippen LogP contribution in [0.5, 0.6) is 0 Å². The van der Waals surface area contributed by atoms with Gasteiger partial charge in [-0.15, -0.1) is 11.3 Å². The SMILES string of the molecule is Cc1nn(C)c(C)c1NC(=O)[C@@H](C)Sc1nc2ccc([N+](=O)[O-])cc2s1. The van der Waals surface area contributed by atoms with Crippen molar-refractivity contribution < 1.29 is 9.72 Å². The number of anilines is 1. The van der Waals surface area contributed by atoms with Crippen molar-refractivity contribution in [1.29, 1.82) is 0 Å². The smallest absolute Gasteiger partial charge is 0.270 e. The van der Waals surface area contributed by atoms with E-state index in [4.69, 9.17) is 0 Å². The van der Waals surface area contributed by atoms with Crippen LogP contribution in [0.25, 0.3) is 10.2 Å². The number of hydrogen-bond donors (Lipinski definition) is 1. The molecule has 0 bridgehead atoms. The quantitative estimate of drug-likeness (QED) is 0.404. The molecule has 1 N–H and O–H groups in total. The van der Waals surface area contributed by atoms with E-state index in [1.54, 1.807) is 17.7 Å². The van der Waals surface area contributed by atoms with E-state index in [-0.39, 0.29) is 16.8 Å². The zero-order valence-corrected chi connectivity index (χ0v) is 16.3. The Labute approximate surface area is 157 Å². The van der Waals surface area contributed by atoms with Crippen LogP contribution in [-0.4, -0.2) is 30.8 Å². The maximum Gasteiger partial charge on any atom is 0.270 e. The van der Waals surface area contributed by atoms with Crippen molar-refractivity contribution in [3.63, 3.8) is 0 Å². The van der Waals surface area contributed by atoms with Gasteiger partial charge in [0.15, 0.2) is 4.34 Å². The number of non-ortho nitro benzene ring substituents is 1. The van der Waals surface area contributed by atoms with Crippen LogP contribution in [0.2, 0.25) is 0 Å². The first-order valence-electron chi connectivity index (χ1n) is 7.79. The van der Waals surface area contributed by atoms with E-state index >= 15 is 0 Å². The molecule has 1 amide bonds. The van der Waals surface area contributed by atoms with E-state index < -0.39 is 4.92 Å². The zero-order valence-electron chi connectivity index (χ0n) is 14.6. The number of nitrogens with zero attached hydrogens (tertiary/aromatic N) is 4. The number of aromatic nitrogens is 3. The molecule has 0 aliphatic heterocycles. The summed E-state index contributed by atoms with van der Waals surface area (Å²) in [7, 11) is 1.83. The second-order valence-corrected chi connectivity index (χ2v) is 8.43. The molecule has 10 heteroatoms. The summed E-state index contributed by atoms with van der Waals surface area (Å²) >= 11 is 2.67. The lowest BCUT2D eigenvalue weighted by Crippen LogP contribution is -2.23. The number of amides is 1. The summed E-state index contributed by atoms with van der Waals surface area (Å²) in [6.45, 7) is 5.55. The number of benzene rings is 1. The molecule has 0 spiro atoms. The Bertz CT molecular complexity index is 1010. The number of nitro groups is 1. The van der Waals surface area contributed by atoms with Gasteiger partial charge >= 0.3 is 0 Å². The largest absolute Gasteiger partial charge is 0.322 e. The summed E-state index contributed by atoms with van der Waals surface area (Å²) in [6.07, 6.45) is 0. The standard InChI is InChI=1S/C16H17N5O3S2/c1-8-14(9(2)20(4)19-8)18-15(22)10(3)25-16-17-12-6-5-11(21(23)24)7-13(12)26-16/h5-7,10H,1-4H3,(H,18,22)/t10-/m1/s1. The molecular weight excluding hydrogens is 374 g/mol. The molecule has 0 aliphatic carbocycles. The average molecular weight is 391 g/mol. The van der Waals surface area contributed by atoms with E-state index in [9.17, 15) is 14.9 Å². The van der Waals surface area contributed by atoms with Gasteiger partial charge in [-0.2, -0.15) is 5.10 Å². The molecule has 0 saturated heterocycles. The van der Waals surface area contributed by atoms with Gasteiger partial charge in [-0.3, -0.25) is 19.6 Å². The number of thiazole rings is 1. The van der Waals surface area contributed by atoms with Crippen LogP contribution >= 0.6 is 23.1 Å². The molecule has 26 heavy (non-hydrogen) atoms. The van der Waals surface area contributed by atoms with Gasteiger partial charge in [0.1, 0.15) is 0 Å². The molecule has 3 aromatic rings. The third kappa shape index (κ3) is 3.56. The van der Waals surface area contributed by atoms with Gasteiger partial charge in [-0.1, -0.05) is 11.8 Å². The van der Waals surface area contributed by atoms with Crippen molar-refractivity contribution >= 4 is 50.6 Å². The Morgan fingerprint density at radius 2 is 2.15 bits per heavy atom. The van der Waals surface area contributed by atoms with Crippen LogP contribution in [0.15, 0.2) is 22.5 Å². The lowest BCUT2D eigenvalue weighted by molar-refractivity contribution is -0.384. The van der Waals surface area contributed by atoms with Crippen molar-refractivity contribution in [3.8, 4) is 0 Å². The van der Waals surface area contributed by atoms with E-state index in [0.29, 0.717) is 9.86 Å². The fourth-order valence-electron chi connectivity index (χ4n) is 2.44. The maximum absolute atomic E-state index is 12.5. The Morgan fingerprint density at radius 3 is 2.77 bits per heavy atom. The van der Waals surface area contributed by atoms with Crippen LogP contribution in [0.1, 0.15) is 18.3 Å². The molecule has 0 saturated carbocycles. The second-order valence-electron chi connectivity index (χ2n) is 5.81. The molecule has 2 aromatic heterocycles. The van der Waals surface area contributed by atoms with Crippen LogP contribution in [0, 0.1) is 24.0 Å². The Kier molecular flexibility index (Phi) is 4.97. The zero-order chi connectivity index (χ0) is 19.0. The molecule has 136 valence electrons. The Balaban J connectivity index is 1.74. The fourth-order valence-corrected chi connectivity index (χ4v) is 4.68. The summed E-state index contributed by atoms with van der Waals surface area (Å²) in [5.41, 5.74) is 3.11. The number of fused-ring (bicyclic) bond motifs is 1. The summed E-state index contributed by atoms with van der Waals surface area (Å²) < 4.78 is 3.15. The molecule has 1 aromatic carbocycles. The van der Waals surface area contributed by atoms with Gasteiger partial charge < -0.3 is 5.32 Å². The number of carbonyl (C=O) groups excluding carboxylic acids is 1. The Hall–Kier alpha value is -2.46. The van der Waals surface area contributed by atoms with E-state index in [1.807, 2.05) is 20.9 Å². The monoisotopic (exact) mass is 391 g/mol. The van der Waals surface area contributed by atoms with Crippen molar-refractivity contribution in [2.24, 2.45) is 7.05 Å². The third-order valence-electron chi connectivity index (χ3n) is 3.97. The topological polar surface area (TPSA) is 103 Å².